The number of benzene rings is 2. The molecule has 0 saturated carbocycles. The molecule has 0 aromatic heterocycles. The van der Waals surface area contributed by atoms with Gasteiger partial charge in [-0.2, -0.15) is 0 Å². The van der Waals surface area contributed by atoms with Crippen LogP contribution in [0.4, 0.5) is 10.5 Å². The van der Waals surface area contributed by atoms with E-state index in [9.17, 15) is 14.4 Å². The van der Waals surface area contributed by atoms with Crippen molar-refractivity contribution in [2.45, 2.75) is 26.4 Å². The second-order valence-electron chi connectivity index (χ2n) is 6.56. The standard InChI is InChI=1S/C21H25N3O4/c1-15(2)19(24-21(27)23-17-11-7-4-8-12-17)20(26)28-14-18(25)22-13-16-9-5-3-6-10-16/h3-12,15,19H,13-14H2,1-2H3,(H,22,25)(H2,23,24,27)/t19-/m0/s1. The lowest BCUT2D eigenvalue weighted by Gasteiger charge is -2.21. The zero-order valence-electron chi connectivity index (χ0n) is 16.0. The first kappa shape index (κ1) is 21.0. The second kappa shape index (κ2) is 10.7. The number of esters is 1. The fourth-order valence-corrected chi connectivity index (χ4v) is 2.40. The van der Waals surface area contributed by atoms with Crippen LogP contribution in [0.1, 0.15) is 19.4 Å². The fourth-order valence-electron chi connectivity index (χ4n) is 2.40. The molecule has 0 heterocycles. The molecule has 7 nitrogen and oxygen atoms in total. The summed E-state index contributed by atoms with van der Waals surface area (Å²) in [5, 5.41) is 7.92. The Morgan fingerprint density at radius 1 is 0.929 bits per heavy atom. The number of anilines is 1. The van der Waals surface area contributed by atoms with Gasteiger partial charge in [0, 0.05) is 12.2 Å². The lowest BCUT2D eigenvalue weighted by Crippen LogP contribution is -2.47. The third-order valence-corrected chi connectivity index (χ3v) is 3.92. The number of nitrogens with one attached hydrogen (secondary N) is 3. The van der Waals surface area contributed by atoms with Crippen LogP contribution in [0.3, 0.4) is 0 Å². The van der Waals surface area contributed by atoms with Gasteiger partial charge in [-0.15, -0.1) is 0 Å². The molecule has 1 atom stereocenters. The normalized spacial score (nSPS) is 11.4. The molecule has 0 aliphatic rings. The Morgan fingerprint density at radius 2 is 1.54 bits per heavy atom. The first-order valence-corrected chi connectivity index (χ1v) is 9.05. The summed E-state index contributed by atoms with van der Waals surface area (Å²) >= 11 is 0. The van der Waals surface area contributed by atoms with E-state index in [0.29, 0.717) is 12.2 Å². The van der Waals surface area contributed by atoms with Crippen LogP contribution in [-0.2, 0) is 20.9 Å². The number of ether oxygens (including phenoxy) is 1. The Balaban J connectivity index is 1.79. The molecule has 3 amide bonds. The summed E-state index contributed by atoms with van der Waals surface area (Å²) < 4.78 is 5.07. The molecule has 0 unspecified atom stereocenters. The largest absolute Gasteiger partial charge is 0.454 e. The maximum atomic E-state index is 12.3. The molecule has 2 aromatic carbocycles. The Bertz CT molecular complexity index is 779. The van der Waals surface area contributed by atoms with Gasteiger partial charge in [0.2, 0.25) is 0 Å². The molecule has 7 heteroatoms. The average molecular weight is 383 g/mol. The van der Waals surface area contributed by atoms with Crippen molar-refractivity contribution in [3.63, 3.8) is 0 Å². The minimum absolute atomic E-state index is 0.207. The maximum Gasteiger partial charge on any atom is 0.329 e. The van der Waals surface area contributed by atoms with Crippen LogP contribution in [0, 0.1) is 5.92 Å². The van der Waals surface area contributed by atoms with Gasteiger partial charge in [-0.3, -0.25) is 4.79 Å². The van der Waals surface area contributed by atoms with E-state index in [1.165, 1.54) is 0 Å². The summed E-state index contributed by atoms with van der Waals surface area (Å²) in [6.45, 7) is 3.51. The highest BCUT2D eigenvalue weighted by molar-refractivity contribution is 5.93. The van der Waals surface area contributed by atoms with Crippen LogP contribution in [0.15, 0.2) is 60.7 Å². The Labute approximate surface area is 164 Å². The zero-order chi connectivity index (χ0) is 20.4. The van der Waals surface area contributed by atoms with Gasteiger partial charge < -0.3 is 20.7 Å². The first-order valence-electron chi connectivity index (χ1n) is 9.05. The van der Waals surface area contributed by atoms with E-state index in [4.69, 9.17) is 4.74 Å². The second-order valence-corrected chi connectivity index (χ2v) is 6.56. The fraction of sp³-hybridized carbons (Fsp3) is 0.286. The molecule has 0 aliphatic heterocycles. The smallest absolute Gasteiger partial charge is 0.329 e. The van der Waals surface area contributed by atoms with Crippen LogP contribution >= 0.6 is 0 Å². The van der Waals surface area contributed by atoms with Crippen LogP contribution in [-0.4, -0.2) is 30.6 Å². The van der Waals surface area contributed by atoms with Crippen molar-refractivity contribution < 1.29 is 19.1 Å². The van der Waals surface area contributed by atoms with Crippen molar-refractivity contribution in [3.05, 3.63) is 66.2 Å². The number of hydrogen-bond acceptors (Lipinski definition) is 4. The molecule has 148 valence electrons. The van der Waals surface area contributed by atoms with Gasteiger partial charge in [0.25, 0.3) is 5.91 Å². The van der Waals surface area contributed by atoms with E-state index in [1.807, 2.05) is 36.4 Å². The van der Waals surface area contributed by atoms with E-state index < -0.39 is 30.6 Å². The minimum Gasteiger partial charge on any atom is -0.454 e. The van der Waals surface area contributed by atoms with Gasteiger partial charge in [0.05, 0.1) is 0 Å². The number of rotatable bonds is 8. The van der Waals surface area contributed by atoms with E-state index in [0.717, 1.165) is 5.56 Å². The predicted molar refractivity (Wildman–Crippen MR) is 106 cm³/mol. The summed E-state index contributed by atoms with van der Waals surface area (Å²) in [5.41, 5.74) is 1.55. The topological polar surface area (TPSA) is 96.5 Å². The van der Waals surface area contributed by atoms with Crippen molar-refractivity contribution in [3.8, 4) is 0 Å². The van der Waals surface area contributed by atoms with Crippen LogP contribution in [0.5, 0.6) is 0 Å². The number of para-hydroxylation sites is 1. The molecular weight excluding hydrogens is 358 g/mol. The Hall–Kier alpha value is -3.35. The predicted octanol–water partition coefficient (Wildman–Crippen LogP) is 2.69. The summed E-state index contributed by atoms with van der Waals surface area (Å²) in [6.07, 6.45) is 0. The maximum absolute atomic E-state index is 12.3. The monoisotopic (exact) mass is 383 g/mol. The number of urea groups is 1. The lowest BCUT2D eigenvalue weighted by molar-refractivity contribution is -0.151. The molecule has 0 fully saturated rings. The lowest BCUT2D eigenvalue weighted by atomic mass is 10.1. The minimum atomic E-state index is -0.870. The molecule has 3 N–H and O–H groups in total. The molecule has 2 aromatic rings. The summed E-state index contributed by atoms with van der Waals surface area (Å²) in [4.78, 5) is 36.3. The van der Waals surface area contributed by atoms with Crippen molar-refractivity contribution in [1.29, 1.82) is 0 Å². The molecule has 0 aliphatic carbocycles. The highest BCUT2D eigenvalue weighted by Gasteiger charge is 2.26. The third kappa shape index (κ3) is 7.11. The van der Waals surface area contributed by atoms with Crippen molar-refractivity contribution in [2.24, 2.45) is 5.92 Å². The third-order valence-electron chi connectivity index (χ3n) is 3.92. The van der Waals surface area contributed by atoms with E-state index in [-0.39, 0.29) is 5.92 Å². The van der Waals surface area contributed by atoms with E-state index >= 15 is 0 Å². The SMILES string of the molecule is CC(C)[C@H](NC(=O)Nc1ccccc1)C(=O)OCC(=O)NCc1ccccc1. The molecule has 0 radical (unpaired) electrons. The Kier molecular flexibility index (Phi) is 8.02. The molecule has 28 heavy (non-hydrogen) atoms. The molecule has 2 rings (SSSR count). The van der Waals surface area contributed by atoms with Gasteiger partial charge in [-0.05, 0) is 23.6 Å². The van der Waals surface area contributed by atoms with E-state index in [1.54, 1.807) is 38.1 Å². The van der Waals surface area contributed by atoms with Gasteiger partial charge in [-0.25, -0.2) is 9.59 Å². The number of hydrogen-bond donors (Lipinski definition) is 3. The Morgan fingerprint density at radius 3 is 2.14 bits per heavy atom. The molecule has 0 saturated heterocycles. The van der Waals surface area contributed by atoms with Crippen molar-refractivity contribution >= 4 is 23.6 Å². The zero-order valence-corrected chi connectivity index (χ0v) is 16.0. The number of amides is 3. The van der Waals surface area contributed by atoms with Crippen LogP contribution in [0.25, 0.3) is 0 Å². The summed E-state index contributed by atoms with van der Waals surface area (Å²) in [5.74, 6) is -1.28. The molecular formula is C21H25N3O4. The highest BCUT2D eigenvalue weighted by Crippen LogP contribution is 2.07. The van der Waals surface area contributed by atoms with Crippen LogP contribution < -0.4 is 16.0 Å². The van der Waals surface area contributed by atoms with E-state index in [2.05, 4.69) is 16.0 Å². The van der Waals surface area contributed by atoms with Gasteiger partial charge in [0.15, 0.2) is 6.61 Å². The highest BCUT2D eigenvalue weighted by atomic mass is 16.5. The number of carbonyl (C=O) groups excluding carboxylic acids is 3. The van der Waals surface area contributed by atoms with Crippen LogP contribution in [0.2, 0.25) is 0 Å². The van der Waals surface area contributed by atoms with Gasteiger partial charge in [0.1, 0.15) is 6.04 Å². The molecule has 0 spiro atoms. The quantitative estimate of drug-likeness (QED) is 0.611. The summed E-state index contributed by atoms with van der Waals surface area (Å²) in [7, 11) is 0. The molecule has 0 bridgehead atoms. The first-order chi connectivity index (χ1) is 13.5. The van der Waals surface area contributed by atoms with Gasteiger partial charge in [-0.1, -0.05) is 62.4 Å². The summed E-state index contributed by atoms with van der Waals surface area (Å²) in [6, 6.07) is 16.9. The van der Waals surface area contributed by atoms with Crippen molar-refractivity contribution in [1.82, 2.24) is 10.6 Å². The van der Waals surface area contributed by atoms with Gasteiger partial charge >= 0.3 is 12.0 Å². The average Bonchev–Trinajstić information content (AvgIpc) is 2.70. The van der Waals surface area contributed by atoms with Crippen molar-refractivity contribution in [2.75, 3.05) is 11.9 Å². The number of carbonyl (C=O) groups is 3.